The van der Waals surface area contributed by atoms with E-state index >= 15 is 0 Å². The van der Waals surface area contributed by atoms with Crippen LogP contribution in [0.3, 0.4) is 0 Å². The van der Waals surface area contributed by atoms with E-state index in [1.807, 2.05) is 12.1 Å². The van der Waals surface area contributed by atoms with Gasteiger partial charge in [0.25, 0.3) is 0 Å². The fourth-order valence-electron chi connectivity index (χ4n) is 3.44. The second-order valence-corrected chi connectivity index (χ2v) is 7.32. The number of nitrogens with zero attached hydrogens (tertiary/aromatic N) is 1. The number of hydrogen-bond donors (Lipinski definition) is 1. The molecule has 1 aromatic heterocycles. The first-order chi connectivity index (χ1) is 12.1. The Bertz CT molecular complexity index is 924. The van der Waals surface area contributed by atoms with Crippen LogP contribution in [0.25, 0.3) is 11.0 Å². The van der Waals surface area contributed by atoms with Crippen LogP contribution in [-0.2, 0) is 6.54 Å². The monoisotopic (exact) mass is 399 g/mol. The molecule has 0 radical (unpaired) electrons. The number of benzene rings is 2. The average molecular weight is 400 g/mol. The third-order valence-corrected chi connectivity index (χ3v) is 5.28. The van der Waals surface area contributed by atoms with Crippen LogP contribution in [0, 0.1) is 0 Å². The lowest BCUT2D eigenvalue weighted by Gasteiger charge is -2.16. The number of ketones is 1. The molecule has 2 heterocycles. The lowest BCUT2D eigenvalue weighted by molar-refractivity contribution is 0.103. The van der Waals surface area contributed by atoms with Gasteiger partial charge in [0, 0.05) is 27.5 Å². The van der Waals surface area contributed by atoms with Crippen molar-refractivity contribution in [2.75, 3.05) is 13.1 Å². The van der Waals surface area contributed by atoms with Gasteiger partial charge in [0.1, 0.15) is 17.6 Å². The minimum atomic E-state index is -0.0977. The summed E-state index contributed by atoms with van der Waals surface area (Å²) in [5, 5.41) is 11.1. The molecule has 4 rings (SSSR count). The van der Waals surface area contributed by atoms with Gasteiger partial charge in [-0.15, -0.1) is 0 Å². The Hall–Kier alpha value is -2.11. The molecular formula is C20H18BrNO3. The largest absolute Gasteiger partial charge is 0.508 e. The van der Waals surface area contributed by atoms with Crippen molar-refractivity contribution in [2.24, 2.45) is 0 Å². The Labute approximate surface area is 154 Å². The van der Waals surface area contributed by atoms with E-state index in [9.17, 15) is 9.90 Å². The summed E-state index contributed by atoms with van der Waals surface area (Å²) in [4.78, 5) is 15.3. The maximum atomic E-state index is 13.0. The summed E-state index contributed by atoms with van der Waals surface area (Å²) in [5.74, 6) is 0.116. The zero-order valence-electron chi connectivity index (χ0n) is 13.7. The maximum Gasteiger partial charge on any atom is 0.196 e. The second kappa shape index (κ2) is 6.65. The molecule has 0 saturated carbocycles. The van der Waals surface area contributed by atoms with Gasteiger partial charge in [0.2, 0.25) is 0 Å². The summed E-state index contributed by atoms with van der Waals surface area (Å²) in [7, 11) is 0. The number of halogens is 1. The summed E-state index contributed by atoms with van der Waals surface area (Å²) in [5.41, 5.74) is 2.50. The quantitative estimate of drug-likeness (QED) is 0.644. The van der Waals surface area contributed by atoms with Crippen LogP contribution in [0.4, 0.5) is 0 Å². The molecule has 0 spiro atoms. The van der Waals surface area contributed by atoms with Crippen molar-refractivity contribution in [1.82, 2.24) is 4.90 Å². The molecule has 0 aliphatic carbocycles. The molecule has 2 aromatic carbocycles. The van der Waals surface area contributed by atoms with Crippen LogP contribution in [-0.4, -0.2) is 28.9 Å². The minimum Gasteiger partial charge on any atom is -0.508 e. The van der Waals surface area contributed by atoms with Crippen LogP contribution < -0.4 is 0 Å². The molecule has 128 valence electrons. The molecular weight excluding hydrogens is 382 g/mol. The molecule has 0 amide bonds. The van der Waals surface area contributed by atoms with E-state index in [2.05, 4.69) is 20.8 Å². The highest BCUT2D eigenvalue weighted by atomic mass is 79.9. The minimum absolute atomic E-state index is 0.0977. The van der Waals surface area contributed by atoms with Crippen LogP contribution in [0.15, 0.2) is 51.6 Å². The number of hydrogen-bond acceptors (Lipinski definition) is 4. The first-order valence-electron chi connectivity index (χ1n) is 8.38. The maximum absolute atomic E-state index is 13.0. The molecule has 4 nitrogen and oxygen atoms in total. The Morgan fingerprint density at radius 3 is 2.56 bits per heavy atom. The first-order valence-corrected chi connectivity index (χ1v) is 9.17. The SMILES string of the molecule is O=C(c1ccc(Br)cc1)c1coc2ccc(O)c(CN3CCCC3)c12. The molecule has 0 unspecified atom stereocenters. The van der Waals surface area contributed by atoms with Gasteiger partial charge in [0.15, 0.2) is 5.78 Å². The number of fused-ring (bicyclic) bond motifs is 1. The van der Waals surface area contributed by atoms with Gasteiger partial charge in [-0.1, -0.05) is 15.9 Å². The molecule has 0 bridgehead atoms. The third kappa shape index (κ3) is 3.10. The topological polar surface area (TPSA) is 53.7 Å². The summed E-state index contributed by atoms with van der Waals surface area (Å²) in [6, 6.07) is 10.6. The van der Waals surface area contributed by atoms with Crippen molar-refractivity contribution in [3.8, 4) is 5.75 Å². The molecule has 3 aromatic rings. The van der Waals surface area contributed by atoms with Gasteiger partial charge in [-0.05, 0) is 62.3 Å². The predicted octanol–water partition coefficient (Wildman–Crippen LogP) is 4.73. The number of aromatic hydroxyl groups is 1. The van der Waals surface area contributed by atoms with Crippen molar-refractivity contribution >= 4 is 32.7 Å². The Balaban J connectivity index is 1.80. The second-order valence-electron chi connectivity index (χ2n) is 6.41. The Morgan fingerprint density at radius 1 is 1.12 bits per heavy atom. The van der Waals surface area contributed by atoms with E-state index < -0.39 is 0 Å². The van der Waals surface area contributed by atoms with Gasteiger partial charge >= 0.3 is 0 Å². The number of likely N-dealkylation sites (tertiary alicyclic amines) is 1. The molecule has 5 heteroatoms. The Kier molecular flexibility index (Phi) is 4.36. The molecule has 1 fully saturated rings. The van der Waals surface area contributed by atoms with Crippen LogP contribution >= 0.6 is 15.9 Å². The summed E-state index contributed by atoms with van der Waals surface area (Å²) in [6.07, 6.45) is 3.85. The molecule has 0 atom stereocenters. The molecule has 1 N–H and O–H groups in total. The number of phenols is 1. The van der Waals surface area contributed by atoms with Crippen molar-refractivity contribution in [3.63, 3.8) is 0 Å². The lowest BCUT2D eigenvalue weighted by atomic mass is 9.98. The van der Waals surface area contributed by atoms with E-state index in [4.69, 9.17) is 4.42 Å². The van der Waals surface area contributed by atoms with Crippen molar-refractivity contribution in [3.05, 3.63) is 63.8 Å². The number of phenolic OH excluding ortho intramolecular Hbond substituents is 1. The third-order valence-electron chi connectivity index (χ3n) is 4.75. The standard InChI is InChI=1S/C20H18BrNO3/c21-14-5-3-13(4-6-14)20(24)16-12-25-18-8-7-17(23)15(19(16)18)11-22-9-1-2-10-22/h3-8,12,23H,1-2,9-11H2. The molecule has 25 heavy (non-hydrogen) atoms. The van der Waals surface area contributed by atoms with Crippen LogP contribution in [0.2, 0.25) is 0 Å². The van der Waals surface area contributed by atoms with Gasteiger partial charge in [0.05, 0.1) is 5.56 Å². The van der Waals surface area contributed by atoms with E-state index in [0.717, 1.165) is 28.5 Å². The van der Waals surface area contributed by atoms with Crippen molar-refractivity contribution in [1.29, 1.82) is 0 Å². The predicted molar refractivity (Wildman–Crippen MR) is 100.0 cm³/mol. The fourth-order valence-corrected chi connectivity index (χ4v) is 3.70. The van der Waals surface area contributed by atoms with Gasteiger partial charge in [-0.25, -0.2) is 0 Å². The Morgan fingerprint density at radius 2 is 1.84 bits per heavy atom. The number of rotatable bonds is 4. The average Bonchev–Trinajstić information content (AvgIpc) is 3.27. The summed E-state index contributed by atoms with van der Waals surface area (Å²) >= 11 is 3.38. The van der Waals surface area contributed by atoms with Gasteiger partial charge in [-0.2, -0.15) is 0 Å². The number of furan rings is 1. The van der Waals surface area contributed by atoms with Crippen LogP contribution in [0.1, 0.15) is 34.3 Å². The van der Waals surface area contributed by atoms with Gasteiger partial charge < -0.3 is 9.52 Å². The first kappa shape index (κ1) is 16.4. The highest BCUT2D eigenvalue weighted by molar-refractivity contribution is 9.10. The van der Waals surface area contributed by atoms with Crippen molar-refractivity contribution < 1.29 is 14.3 Å². The zero-order valence-corrected chi connectivity index (χ0v) is 15.3. The molecule has 1 aliphatic rings. The highest BCUT2D eigenvalue weighted by Gasteiger charge is 2.22. The van der Waals surface area contributed by atoms with E-state index in [1.54, 1.807) is 24.3 Å². The fraction of sp³-hybridized carbons (Fsp3) is 0.250. The molecule has 1 saturated heterocycles. The number of carbonyl (C=O) groups is 1. The van der Waals surface area contributed by atoms with E-state index in [0.29, 0.717) is 23.3 Å². The van der Waals surface area contributed by atoms with E-state index in [1.165, 1.54) is 19.1 Å². The van der Waals surface area contributed by atoms with Crippen LogP contribution in [0.5, 0.6) is 5.75 Å². The molecule has 1 aliphatic heterocycles. The van der Waals surface area contributed by atoms with Gasteiger partial charge in [-0.3, -0.25) is 9.69 Å². The van der Waals surface area contributed by atoms with Crippen molar-refractivity contribution in [2.45, 2.75) is 19.4 Å². The van der Waals surface area contributed by atoms with E-state index in [-0.39, 0.29) is 11.5 Å². The normalized spacial score (nSPS) is 15.1. The summed E-state index contributed by atoms with van der Waals surface area (Å²) in [6.45, 7) is 2.66. The zero-order chi connectivity index (χ0) is 17.4. The number of carbonyl (C=O) groups excluding carboxylic acids is 1. The lowest BCUT2D eigenvalue weighted by Crippen LogP contribution is -2.18. The summed E-state index contributed by atoms with van der Waals surface area (Å²) < 4.78 is 6.54. The highest BCUT2D eigenvalue weighted by Crippen LogP contribution is 2.34. The smallest absolute Gasteiger partial charge is 0.196 e.